The van der Waals surface area contributed by atoms with E-state index in [0.717, 1.165) is 6.08 Å². The Bertz CT molecular complexity index is 853. The molecule has 1 aromatic heterocycles. The molecule has 0 aliphatic rings. The molecule has 0 atom stereocenters. The lowest BCUT2D eigenvalue weighted by Crippen LogP contribution is -2.00. The van der Waals surface area contributed by atoms with E-state index in [9.17, 15) is 15.1 Å². The van der Waals surface area contributed by atoms with E-state index in [-0.39, 0.29) is 16.8 Å². The van der Waals surface area contributed by atoms with Crippen LogP contribution >= 0.6 is 0 Å². The van der Waals surface area contributed by atoms with Gasteiger partial charge in [-0.3, -0.25) is 4.79 Å². The maximum atomic E-state index is 12.1. The van der Waals surface area contributed by atoms with Gasteiger partial charge in [-0.25, -0.2) is 0 Å². The minimum absolute atomic E-state index is 0.0872. The molecule has 0 aliphatic carbocycles. The molecule has 104 valence electrons. The molecule has 0 saturated heterocycles. The lowest BCUT2D eigenvalue weighted by molar-refractivity contribution is 0.104. The van der Waals surface area contributed by atoms with Gasteiger partial charge in [-0.05, 0) is 16.6 Å². The van der Waals surface area contributed by atoms with Crippen molar-refractivity contribution in [3.63, 3.8) is 0 Å². The zero-order valence-corrected chi connectivity index (χ0v) is 10.9. The molecule has 2 aromatic carbocycles. The first kappa shape index (κ1) is 12.9. The summed E-state index contributed by atoms with van der Waals surface area (Å²) in [4.78, 5) is 12.5. The molecule has 0 radical (unpaired) electrons. The number of carbonyl (C=O) groups excluding carboxylic acids is 1. The van der Waals surface area contributed by atoms with Crippen molar-refractivity contribution in [2.75, 3.05) is 0 Å². The number of hydrogen-bond acceptors (Lipinski definition) is 5. The van der Waals surface area contributed by atoms with E-state index in [4.69, 9.17) is 0 Å². The molecule has 0 unspecified atom stereocenters. The van der Waals surface area contributed by atoms with E-state index < -0.39 is 5.78 Å². The van der Waals surface area contributed by atoms with Gasteiger partial charge in [0, 0.05) is 11.6 Å². The van der Waals surface area contributed by atoms with Gasteiger partial charge in [-0.15, -0.1) is 10.2 Å². The molecule has 6 nitrogen and oxygen atoms in total. The van der Waals surface area contributed by atoms with Gasteiger partial charge in [0.2, 0.25) is 0 Å². The minimum Gasteiger partial charge on any atom is -0.507 e. The molecule has 21 heavy (non-hydrogen) atoms. The van der Waals surface area contributed by atoms with Crippen molar-refractivity contribution >= 4 is 16.8 Å². The normalized spacial score (nSPS) is 10.7. The van der Waals surface area contributed by atoms with E-state index in [2.05, 4.69) is 16.8 Å². The average Bonchev–Trinajstić information content (AvgIpc) is 2.85. The molecule has 6 heteroatoms. The second kappa shape index (κ2) is 4.75. The number of phenolic OH excluding ortho intramolecular Hbond substituents is 1. The topological polar surface area (TPSA) is 88.2 Å². The van der Waals surface area contributed by atoms with E-state index in [1.807, 2.05) is 6.07 Å². The smallest absolute Gasteiger partial charge is 0.189 e. The lowest BCUT2D eigenvalue weighted by atomic mass is 9.94. The summed E-state index contributed by atoms with van der Waals surface area (Å²) in [5.41, 5.74) is 1.80. The van der Waals surface area contributed by atoms with Gasteiger partial charge in [0.15, 0.2) is 5.78 Å². The molecule has 3 rings (SSSR count). The molecular weight excluding hydrogens is 270 g/mol. The third kappa shape index (κ3) is 2.02. The summed E-state index contributed by atoms with van der Waals surface area (Å²) in [6.07, 6.45) is 1.12. The highest BCUT2D eigenvalue weighted by Gasteiger charge is 2.22. The Kier molecular flexibility index (Phi) is 2.91. The molecule has 0 aliphatic heterocycles. The van der Waals surface area contributed by atoms with Gasteiger partial charge in [-0.1, -0.05) is 36.9 Å². The Hall–Kier alpha value is -3.15. The molecule has 0 bridgehead atoms. The van der Waals surface area contributed by atoms with Crippen LogP contribution in [0, 0.1) is 0 Å². The highest BCUT2D eigenvalue weighted by atomic mass is 16.5. The van der Waals surface area contributed by atoms with Crippen molar-refractivity contribution in [1.82, 2.24) is 15.2 Å². The number of phenols is 1. The number of hydrogen-bond donors (Lipinski definition) is 2. The van der Waals surface area contributed by atoms with Gasteiger partial charge in [0.25, 0.3) is 0 Å². The minimum atomic E-state index is -0.430. The molecule has 0 spiro atoms. The summed E-state index contributed by atoms with van der Waals surface area (Å²) < 4.78 is 0. The Morgan fingerprint density at radius 2 is 1.95 bits per heavy atom. The highest BCUT2D eigenvalue weighted by molar-refractivity contribution is 6.15. The predicted molar refractivity (Wildman–Crippen MR) is 76.3 cm³/mol. The maximum absolute atomic E-state index is 12.1. The van der Waals surface area contributed by atoms with Crippen LogP contribution < -0.4 is 0 Å². The van der Waals surface area contributed by atoms with Crippen LogP contribution in [0.5, 0.6) is 5.75 Å². The number of rotatable bonds is 3. The number of fused-ring (bicyclic) bond motifs is 1. The third-order valence-corrected chi connectivity index (χ3v) is 3.14. The van der Waals surface area contributed by atoms with Gasteiger partial charge < -0.3 is 10.3 Å². The van der Waals surface area contributed by atoms with Crippen LogP contribution in [-0.2, 0) is 0 Å². The van der Waals surface area contributed by atoms with Gasteiger partial charge >= 0.3 is 0 Å². The Labute approximate surface area is 119 Å². The van der Waals surface area contributed by atoms with Crippen molar-refractivity contribution in [2.45, 2.75) is 0 Å². The van der Waals surface area contributed by atoms with Crippen molar-refractivity contribution in [1.29, 1.82) is 0 Å². The van der Waals surface area contributed by atoms with E-state index >= 15 is 0 Å². The summed E-state index contributed by atoms with van der Waals surface area (Å²) in [5, 5.41) is 27.2. The second-order valence-electron chi connectivity index (χ2n) is 4.42. The number of ketones is 1. The van der Waals surface area contributed by atoms with Gasteiger partial charge in [0.1, 0.15) is 16.8 Å². The van der Waals surface area contributed by atoms with Crippen molar-refractivity contribution in [2.24, 2.45) is 0 Å². The van der Waals surface area contributed by atoms with Crippen molar-refractivity contribution < 1.29 is 15.1 Å². The van der Waals surface area contributed by atoms with E-state index in [0.29, 0.717) is 21.6 Å². The fourth-order valence-corrected chi connectivity index (χ4v) is 2.27. The molecule has 3 aromatic rings. The van der Waals surface area contributed by atoms with Crippen LogP contribution in [0.1, 0.15) is 10.4 Å². The fourth-order valence-electron chi connectivity index (χ4n) is 2.27. The second-order valence-corrected chi connectivity index (χ2v) is 4.42. The first-order chi connectivity index (χ1) is 10.1. The SMILES string of the molecule is C=CC(=O)c1c(O)cc2nn(O)nc2c1-c1ccccc1. The monoisotopic (exact) mass is 281 g/mol. The number of nitrogens with zero attached hydrogens (tertiary/aromatic N) is 3. The quantitative estimate of drug-likeness (QED) is 0.437. The molecule has 1 heterocycles. The van der Waals surface area contributed by atoms with E-state index in [1.54, 1.807) is 24.3 Å². The lowest BCUT2D eigenvalue weighted by Gasteiger charge is -2.09. The largest absolute Gasteiger partial charge is 0.507 e. The van der Waals surface area contributed by atoms with Crippen LogP contribution in [0.3, 0.4) is 0 Å². The first-order valence-electron chi connectivity index (χ1n) is 6.16. The highest BCUT2D eigenvalue weighted by Crippen LogP contribution is 2.36. The molecular formula is C15H11N3O3. The number of allylic oxidation sites excluding steroid dienone is 1. The average molecular weight is 281 g/mol. The zero-order valence-electron chi connectivity index (χ0n) is 10.9. The summed E-state index contributed by atoms with van der Waals surface area (Å²) in [6.45, 7) is 3.45. The summed E-state index contributed by atoms with van der Waals surface area (Å²) in [6, 6.07) is 10.3. The van der Waals surface area contributed by atoms with E-state index in [1.165, 1.54) is 6.07 Å². The third-order valence-electron chi connectivity index (χ3n) is 3.14. The van der Waals surface area contributed by atoms with Gasteiger partial charge in [0.05, 0.1) is 5.56 Å². The molecule has 0 saturated carbocycles. The standard InChI is InChI=1S/C15H11N3O3/c1-2-11(19)14-12(20)8-10-15(17-18(21)16-10)13(14)9-6-4-3-5-7-9/h2-8,20-21H,1H2. The zero-order chi connectivity index (χ0) is 15.0. The number of aromatic nitrogens is 3. The van der Waals surface area contributed by atoms with Crippen LogP contribution in [0.2, 0.25) is 0 Å². The first-order valence-corrected chi connectivity index (χ1v) is 6.16. The number of aromatic hydroxyl groups is 1. The summed E-state index contributed by atoms with van der Waals surface area (Å²) in [7, 11) is 0. The maximum Gasteiger partial charge on any atom is 0.189 e. The van der Waals surface area contributed by atoms with Crippen molar-refractivity contribution in [3.05, 3.63) is 54.6 Å². The van der Waals surface area contributed by atoms with Crippen LogP contribution in [-0.4, -0.2) is 31.3 Å². The Morgan fingerprint density at radius 1 is 1.24 bits per heavy atom. The van der Waals surface area contributed by atoms with Crippen LogP contribution in [0.4, 0.5) is 0 Å². The molecule has 0 amide bonds. The Balaban J connectivity index is 2.47. The number of carbonyl (C=O) groups is 1. The van der Waals surface area contributed by atoms with Gasteiger partial charge in [-0.2, -0.15) is 0 Å². The van der Waals surface area contributed by atoms with Crippen LogP contribution in [0.15, 0.2) is 49.1 Å². The number of benzene rings is 2. The predicted octanol–water partition coefficient (Wildman–Crippen LogP) is 2.41. The molecule has 0 fully saturated rings. The van der Waals surface area contributed by atoms with Crippen LogP contribution in [0.25, 0.3) is 22.2 Å². The Morgan fingerprint density at radius 3 is 2.62 bits per heavy atom. The molecule has 2 N–H and O–H groups in total. The summed E-state index contributed by atoms with van der Waals surface area (Å²) >= 11 is 0. The summed E-state index contributed by atoms with van der Waals surface area (Å²) in [5.74, 6) is -0.660. The van der Waals surface area contributed by atoms with Crippen molar-refractivity contribution in [3.8, 4) is 16.9 Å². The fraction of sp³-hybridized carbons (Fsp3) is 0.